The summed E-state index contributed by atoms with van der Waals surface area (Å²) in [7, 11) is 0. The van der Waals surface area contributed by atoms with Gasteiger partial charge in [-0.3, -0.25) is 4.79 Å². The van der Waals surface area contributed by atoms with E-state index in [1.165, 1.54) is 0 Å². The maximum atomic E-state index is 12.3. The van der Waals surface area contributed by atoms with Crippen molar-refractivity contribution in [2.24, 2.45) is 0 Å². The van der Waals surface area contributed by atoms with Crippen molar-refractivity contribution in [3.63, 3.8) is 0 Å². The smallest absolute Gasteiger partial charge is 0.338 e. The quantitative estimate of drug-likeness (QED) is 0.903. The molecule has 0 aliphatic carbocycles. The fourth-order valence-electron chi connectivity index (χ4n) is 2.19. The molecule has 4 nitrogen and oxygen atoms in total. The van der Waals surface area contributed by atoms with Crippen molar-refractivity contribution in [3.8, 4) is 0 Å². The molecule has 0 saturated heterocycles. The van der Waals surface area contributed by atoms with Crippen LogP contribution in [0.2, 0.25) is 0 Å². The molecule has 2 rings (SSSR count). The van der Waals surface area contributed by atoms with Crippen LogP contribution in [0.15, 0.2) is 48.5 Å². The van der Waals surface area contributed by atoms with E-state index < -0.39 is 5.97 Å². The van der Waals surface area contributed by atoms with Gasteiger partial charge in [0.2, 0.25) is 5.91 Å². The van der Waals surface area contributed by atoms with Crippen molar-refractivity contribution >= 4 is 17.6 Å². The molecule has 2 N–H and O–H groups in total. The molecule has 108 valence electrons. The number of hydrogen-bond acceptors (Lipinski definition) is 2. The average molecular weight is 283 g/mol. The van der Waals surface area contributed by atoms with Crippen molar-refractivity contribution in [2.75, 3.05) is 5.32 Å². The second kappa shape index (κ2) is 6.22. The van der Waals surface area contributed by atoms with E-state index in [1.54, 1.807) is 32.0 Å². The number of carboxylic acids is 1. The molecule has 0 heterocycles. The molecule has 0 aliphatic heterocycles. The van der Waals surface area contributed by atoms with Gasteiger partial charge >= 0.3 is 5.97 Å². The molecule has 0 spiro atoms. The van der Waals surface area contributed by atoms with E-state index in [-0.39, 0.29) is 17.4 Å². The zero-order valence-corrected chi connectivity index (χ0v) is 12.0. The molecular formula is C17H17NO3. The topological polar surface area (TPSA) is 66.4 Å². The van der Waals surface area contributed by atoms with Crippen LogP contribution in [-0.2, 0) is 4.79 Å². The van der Waals surface area contributed by atoms with Crippen LogP contribution >= 0.6 is 0 Å². The van der Waals surface area contributed by atoms with E-state index in [0.29, 0.717) is 11.3 Å². The maximum Gasteiger partial charge on any atom is 0.338 e. The van der Waals surface area contributed by atoms with Crippen LogP contribution in [0.4, 0.5) is 5.69 Å². The lowest BCUT2D eigenvalue weighted by molar-refractivity contribution is -0.117. The van der Waals surface area contributed by atoms with Gasteiger partial charge in [-0.15, -0.1) is 0 Å². The Morgan fingerprint density at radius 2 is 1.71 bits per heavy atom. The summed E-state index contributed by atoms with van der Waals surface area (Å²) in [6, 6.07) is 14.4. The minimum atomic E-state index is -1.05. The van der Waals surface area contributed by atoms with E-state index in [2.05, 4.69) is 5.32 Å². The molecule has 0 saturated carbocycles. The van der Waals surface area contributed by atoms with E-state index in [0.717, 1.165) is 5.56 Å². The summed E-state index contributed by atoms with van der Waals surface area (Å²) in [4.78, 5) is 23.6. The predicted molar refractivity (Wildman–Crippen MR) is 81.6 cm³/mol. The minimum absolute atomic E-state index is 0.131. The summed E-state index contributed by atoms with van der Waals surface area (Å²) in [6.07, 6.45) is 0. The number of aryl methyl sites for hydroxylation is 1. The Hall–Kier alpha value is -2.62. The predicted octanol–water partition coefficient (Wildman–Crippen LogP) is 3.44. The minimum Gasteiger partial charge on any atom is -0.478 e. The Kier molecular flexibility index (Phi) is 4.38. The summed E-state index contributed by atoms with van der Waals surface area (Å²) >= 11 is 0. The Balaban J connectivity index is 2.25. The molecule has 1 atom stereocenters. The Morgan fingerprint density at radius 1 is 1.05 bits per heavy atom. The number of benzene rings is 2. The van der Waals surface area contributed by atoms with Crippen molar-refractivity contribution in [2.45, 2.75) is 19.8 Å². The van der Waals surface area contributed by atoms with Gasteiger partial charge < -0.3 is 10.4 Å². The van der Waals surface area contributed by atoms with Crippen LogP contribution in [-0.4, -0.2) is 17.0 Å². The molecule has 2 aromatic rings. The van der Waals surface area contributed by atoms with Gasteiger partial charge in [0.05, 0.1) is 17.2 Å². The highest BCUT2D eigenvalue weighted by Crippen LogP contribution is 2.22. The molecule has 1 amide bonds. The van der Waals surface area contributed by atoms with Crippen LogP contribution in [0, 0.1) is 6.92 Å². The molecular weight excluding hydrogens is 266 g/mol. The summed E-state index contributed by atoms with van der Waals surface area (Å²) in [5.41, 5.74) is 1.97. The van der Waals surface area contributed by atoms with Gasteiger partial charge in [-0.1, -0.05) is 42.5 Å². The highest BCUT2D eigenvalue weighted by Gasteiger charge is 2.19. The number of rotatable bonds is 4. The molecule has 4 heteroatoms. The zero-order valence-electron chi connectivity index (χ0n) is 12.0. The third-order valence-corrected chi connectivity index (χ3v) is 3.44. The standard InChI is InChI=1S/C17H17NO3/c1-11-7-6-10-14(15(11)17(20)21)18-16(19)12(2)13-8-4-3-5-9-13/h3-10,12H,1-2H3,(H,18,19)(H,20,21). The van der Waals surface area contributed by atoms with E-state index >= 15 is 0 Å². The van der Waals surface area contributed by atoms with Crippen LogP contribution in [0.5, 0.6) is 0 Å². The Bertz CT molecular complexity index is 665. The van der Waals surface area contributed by atoms with Crippen LogP contribution in [0.1, 0.15) is 34.3 Å². The number of carboxylic acid groups (broad SMARTS) is 1. The molecule has 0 aliphatic rings. The first kappa shape index (κ1) is 14.8. The van der Waals surface area contributed by atoms with Gasteiger partial charge in [-0.05, 0) is 31.0 Å². The van der Waals surface area contributed by atoms with Crippen molar-refractivity contribution in [1.82, 2.24) is 0 Å². The van der Waals surface area contributed by atoms with E-state index in [1.807, 2.05) is 30.3 Å². The lowest BCUT2D eigenvalue weighted by Gasteiger charge is -2.15. The molecule has 0 aromatic heterocycles. The number of aromatic carboxylic acids is 1. The Labute approximate surface area is 123 Å². The number of carbonyl (C=O) groups is 2. The average Bonchev–Trinajstić information content (AvgIpc) is 2.47. The van der Waals surface area contributed by atoms with Gasteiger partial charge in [0.25, 0.3) is 0 Å². The number of nitrogens with one attached hydrogen (secondary N) is 1. The molecule has 2 aromatic carbocycles. The van der Waals surface area contributed by atoms with Crippen LogP contribution < -0.4 is 5.32 Å². The van der Waals surface area contributed by atoms with Gasteiger partial charge in [-0.2, -0.15) is 0 Å². The van der Waals surface area contributed by atoms with Crippen LogP contribution in [0.25, 0.3) is 0 Å². The fourth-order valence-corrected chi connectivity index (χ4v) is 2.19. The van der Waals surface area contributed by atoms with E-state index in [9.17, 15) is 14.7 Å². The number of amides is 1. The molecule has 1 unspecified atom stereocenters. The summed E-state index contributed by atoms with van der Waals surface area (Å²) < 4.78 is 0. The molecule has 21 heavy (non-hydrogen) atoms. The normalized spacial score (nSPS) is 11.7. The largest absolute Gasteiger partial charge is 0.478 e. The molecule has 0 bridgehead atoms. The third kappa shape index (κ3) is 3.28. The van der Waals surface area contributed by atoms with Gasteiger partial charge in [0.15, 0.2) is 0 Å². The first-order valence-corrected chi connectivity index (χ1v) is 6.69. The van der Waals surface area contributed by atoms with Crippen molar-refractivity contribution < 1.29 is 14.7 Å². The lowest BCUT2D eigenvalue weighted by Crippen LogP contribution is -2.20. The number of anilines is 1. The van der Waals surface area contributed by atoms with Crippen molar-refractivity contribution in [3.05, 3.63) is 65.2 Å². The Morgan fingerprint density at radius 3 is 2.33 bits per heavy atom. The summed E-state index contributed by atoms with van der Waals surface area (Å²) in [5, 5.41) is 12.0. The monoisotopic (exact) mass is 283 g/mol. The summed E-state index contributed by atoms with van der Waals surface area (Å²) in [6.45, 7) is 3.50. The second-order valence-electron chi connectivity index (χ2n) is 4.92. The lowest BCUT2D eigenvalue weighted by atomic mass is 10.00. The number of hydrogen-bond donors (Lipinski definition) is 2. The SMILES string of the molecule is Cc1cccc(NC(=O)C(C)c2ccccc2)c1C(=O)O. The van der Waals surface area contributed by atoms with Crippen molar-refractivity contribution in [1.29, 1.82) is 0 Å². The van der Waals surface area contributed by atoms with Gasteiger partial charge in [0.1, 0.15) is 0 Å². The summed E-state index contributed by atoms with van der Waals surface area (Å²) in [5.74, 6) is -1.63. The first-order valence-electron chi connectivity index (χ1n) is 6.69. The van der Waals surface area contributed by atoms with Gasteiger partial charge in [0, 0.05) is 0 Å². The highest BCUT2D eigenvalue weighted by molar-refractivity contribution is 6.03. The number of carbonyl (C=O) groups excluding carboxylic acids is 1. The molecule has 0 radical (unpaired) electrons. The fraction of sp³-hybridized carbons (Fsp3) is 0.176. The van der Waals surface area contributed by atoms with Gasteiger partial charge in [-0.25, -0.2) is 4.79 Å². The first-order chi connectivity index (χ1) is 10.0. The van der Waals surface area contributed by atoms with Crippen LogP contribution in [0.3, 0.4) is 0 Å². The molecule has 0 fully saturated rings. The zero-order chi connectivity index (χ0) is 15.4. The second-order valence-corrected chi connectivity index (χ2v) is 4.92. The highest BCUT2D eigenvalue weighted by atomic mass is 16.4. The third-order valence-electron chi connectivity index (χ3n) is 3.44. The van der Waals surface area contributed by atoms with E-state index in [4.69, 9.17) is 0 Å². The maximum absolute atomic E-state index is 12.3.